The third-order valence-corrected chi connectivity index (χ3v) is 3.21. The fourth-order valence-electron chi connectivity index (χ4n) is 1.98. The molecule has 21 heavy (non-hydrogen) atoms. The largest absolute Gasteiger partial charge is 0.497 e. The van der Waals surface area contributed by atoms with Crippen LogP contribution in [-0.4, -0.2) is 24.2 Å². The second kappa shape index (κ2) is 7.45. The minimum atomic E-state index is -1.02. The molecule has 2 N–H and O–H groups in total. The van der Waals surface area contributed by atoms with E-state index in [1.807, 2.05) is 30.3 Å². The average Bonchev–Trinajstić information content (AvgIpc) is 2.54. The molecule has 4 nitrogen and oxygen atoms in total. The van der Waals surface area contributed by atoms with Crippen LogP contribution in [0.3, 0.4) is 0 Å². The summed E-state index contributed by atoms with van der Waals surface area (Å²) < 4.78 is 5.05. The lowest BCUT2D eigenvalue weighted by Gasteiger charge is -2.11. The van der Waals surface area contributed by atoms with E-state index in [2.05, 4.69) is 5.32 Å². The zero-order valence-corrected chi connectivity index (χ0v) is 12.0. The standard InChI is InChI=1S/C17H19NO3/c1-21-15-10-8-14(9-11-15)18-17(20)16(19)12-7-13-5-3-2-4-6-13/h2-6,8-11,16,19H,7,12H2,1H3,(H,18,20). The summed E-state index contributed by atoms with van der Waals surface area (Å²) in [6.45, 7) is 0. The van der Waals surface area contributed by atoms with Crippen LogP contribution in [0.5, 0.6) is 5.75 Å². The molecular weight excluding hydrogens is 266 g/mol. The van der Waals surface area contributed by atoms with Crippen LogP contribution in [0.1, 0.15) is 12.0 Å². The number of aliphatic hydroxyl groups excluding tert-OH is 1. The van der Waals surface area contributed by atoms with E-state index < -0.39 is 12.0 Å². The zero-order valence-electron chi connectivity index (χ0n) is 12.0. The molecule has 0 aliphatic carbocycles. The normalized spacial score (nSPS) is 11.7. The number of hydrogen-bond donors (Lipinski definition) is 2. The van der Waals surface area contributed by atoms with Crippen molar-refractivity contribution in [1.82, 2.24) is 0 Å². The second-order valence-corrected chi connectivity index (χ2v) is 4.76. The van der Waals surface area contributed by atoms with Crippen LogP contribution in [0.15, 0.2) is 54.6 Å². The van der Waals surface area contributed by atoms with Gasteiger partial charge in [0.1, 0.15) is 11.9 Å². The first-order chi connectivity index (χ1) is 10.2. The molecule has 0 spiro atoms. The van der Waals surface area contributed by atoms with Gasteiger partial charge in [-0.1, -0.05) is 30.3 Å². The first-order valence-corrected chi connectivity index (χ1v) is 6.86. The highest BCUT2D eigenvalue weighted by Gasteiger charge is 2.14. The van der Waals surface area contributed by atoms with Gasteiger partial charge in [0.15, 0.2) is 0 Å². The van der Waals surface area contributed by atoms with Gasteiger partial charge < -0.3 is 15.2 Å². The number of nitrogens with one attached hydrogen (secondary N) is 1. The number of aliphatic hydroxyl groups is 1. The van der Waals surface area contributed by atoms with E-state index in [-0.39, 0.29) is 0 Å². The molecule has 1 unspecified atom stereocenters. The molecule has 0 aromatic heterocycles. The Kier molecular flexibility index (Phi) is 5.35. The minimum Gasteiger partial charge on any atom is -0.497 e. The van der Waals surface area contributed by atoms with E-state index in [1.165, 1.54) is 0 Å². The first kappa shape index (κ1) is 15.1. The van der Waals surface area contributed by atoms with Crippen LogP contribution in [0.2, 0.25) is 0 Å². The van der Waals surface area contributed by atoms with Gasteiger partial charge in [0.25, 0.3) is 5.91 Å². The van der Waals surface area contributed by atoms with Gasteiger partial charge in [0.05, 0.1) is 7.11 Å². The summed E-state index contributed by atoms with van der Waals surface area (Å²) in [7, 11) is 1.58. The highest BCUT2D eigenvalue weighted by atomic mass is 16.5. The van der Waals surface area contributed by atoms with Crippen molar-refractivity contribution in [3.63, 3.8) is 0 Å². The Labute approximate surface area is 124 Å². The van der Waals surface area contributed by atoms with Crippen molar-refractivity contribution >= 4 is 11.6 Å². The van der Waals surface area contributed by atoms with Crippen molar-refractivity contribution in [2.75, 3.05) is 12.4 Å². The van der Waals surface area contributed by atoms with Gasteiger partial charge in [0, 0.05) is 5.69 Å². The van der Waals surface area contributed by atoms with Crippen molar-refractivity contribution in [2.45, 2.75) is 18.9 Å². The molecule has 2 aromatic rings. The van der Waals surface area contributed by atoms with Crippen molar-refractivity contribution in [3.05, 3.63) is 60.2 Å². The topological polar surface area (TPSA) is 58.6 Å². The van der Waals surface area contributed by atoms with Crippen LogP contribution in [0, 0.1) is 0 Å². The van der Waals surface area contributed by atoms with Gasteiger partial charge in [0.2, 0.25) is 0 Å². The van der Waals surface area contributed by atoms with Crippen molar-refractivity contribution in [3.8, 4) is 5.75 Å². The number of rotatable bonds is 6. The molecular formula is C17H19NO3. The lowest BCUT2D eigenvalue weighted by atomic mass is 10.1. The second-order valence-electron chi connectivity index (χ2n) is 4.76. The molecule has 2 rings (SSSR count). The molecule has 1 amide bonds. The molecule has 0 bridgehead atoms. The number of amides is 1. The monoisotopic (exact) mass is 285 g/mol. The summed E-state index contributed by atoms with van der Waals surface area (Å²) in [5.41, 5.74) is 1.74. The zero-order chi connectivity index (χ0) is 15.1. The molecule has 1 atom stereocenters. The first-order valence-electron chi connectivity index (χ1n) is 6.86. The molecule has 0 aliphatic heterocycles. The van der Waals surface area contributed by atoms with E-state index in [4.69, 9.17) is 4.74 Å². The maximum Gasteiger partial charge on any atom is 0.253 e. The van der Waals surface area contributed by atoms with Crippen LogP contribution < -0.4 is 10.1 Å². The predicted octanol–water partition coefficient (Wildman–Crippen LogP) is 2.63. The average molecular weight is 285 g/mol. The van der Waals surface area contributed by atoms with Gasteiger partial charge in [-0.25, -0.2) is 0 Å². The molecule has 0 saturated heterocycles. The maximum absolute atomic E-state index is 11.9. The summed E-state index contributed by atoms with van der Waals surface area (Å²) in [6, 6.07) is 16.8. The Bertz CT molecular complexity index is 566. The third kappa shape index (κ3) is 4.61. The predicted molar refractivity (Wildman–Crippen MR) is 82.4 cm³/mol. The number of methoxy groups -OCH3 is 1. The lowest BCUT2D eigenvalue weighted by molar-refractivity contribution is -0.124. The Morgan fingerprint density at radius 3 is 2.43 bits per heavy atom. The van der Waals surface area contributed by atoms with Gasteiger partial charge in [-0.2, -0.15) is 0 Å². The van der Waals surface area contributed by atoms with Crippen molar-refractivity contribution in [2.24, 2.45) is 0 Å². The fourth-order valence-corrected chi connectivity index (χ4v) is 1.98. The SMILES string of the molecule is COc1ccc(NC(=O)C(O)CCc2ccccc2)cc1. The molecule has 4 heteroatoms. The smallest absolute Gasteiger partial charge is 0.253 e. The Morgan fingerprint density at radius 2 is 1.81 bits per heavy atom. The molecule has 0 saturated carbocycles. The summed E-state index contributed by atoms with van der Waals surface area (Å²) in [6.07, 6.45) is 0.0386. The lowest BCUT2D eigenvalue weighted by Crippen LogP contribution is -2.28. The minimum absolute atomic E-state index is 0.393. The highest BCUT2D eigenvalue weighted by Crippen LogP contribution is 2.15. The van der Waals surface area contributed by atoms with Crippen LogP contribution in [-0.2, 0) is 11.2 Å². The van der Waals surface area contributed by atoms with Gasteiger partial charge in [-0.3, -0.25) is 4.79 Å². The Hall–Kier alpha value is -2.33. The molecule has 0 fully saturated rings. The van der Waals surface area contributed by atoms with E-state index in [9.17, 15) is 9.90 Å². The van der Waals surface area contributed by atoms with Crippen LogP contribution in [0.25, 0.3) is 0 Å². The molecule has 0 aliphatic rings. The van der Waals surface area contributed by atoms with Gasteiger partial charge in [-0.05, 0) is 42.7 Å². The molecule has 0 radical (unpaired) electrons. The van der Waals surface area contributed by atoms with Crippen molar-refractivity contribution in [1.29, 1.82) is 0 Å². The molecule has 110 valence electrons. The van der Waals surface area contributed by atoms with Crippen molar-refractivity contribution < 1.29 is 14.6 Å². The van der Waals surface area contributed by atoms with Crippen LogP contribution >= 0.6 is 0 Å². The number of benzene rings is 2. The molecule has 2 aromatic carbocycles. The van der Waals surface area contributed by atoms with E-state index >= 15 is 0 Å². The quantitative estimate of drug-likeness (QED) is 0.857. The van der Waals surface area contributed by atoms with Crippen LogP contribution in [0.4, 0.5) is 5.69 Å². The number of ether oxygens (including phenoxy) is 1. The molecule has 0 heterocycles. The highest BCUT2D eigenvalue weighted by molar-refractivity contribution is 5.93. The maximum atomic E-state index is 11.9. The number of anilines is 1. The van der Waals surface area contributed by atoms with Gasteiger partial charge in [-0.15, -0.1) is 0 Å². The summed E-state index contributed by atoms with van der Waals surface area (Å²) in [5.74, 6) is 0.328. The number of hydrogen-bond acceptors (Lipinski definition) is 3. The Morgan fingerprint density at radius 1 is 1.14 bits per heavy atom. The number of carbonyl (C=O) groups is 1. The van der Waals surface area contributed by atoms with Gasteiger partial charge >= 0.3 is 0 Å². The summed E-state index contributed by atoms with van der Waals surface area (Å²) in [5, 5.41) is 12.6. The summed E-state index contributed by atoms with van der Waals surface area (Å²) >= 11 is 0. The number of carbonyl (C=O) groups excluding carboxylic acids is 1. The third-order valence-electron chi connectivity index (χ3n) is 3.21. The fraction of sp³-hybridized carbons (Fsp3) is 0.235. The van der Waals surface area contributed by atoms with E-state index in [0.29, 0.717) is 18.5 Å². The summed E-state index contributed by atoms with van der Waals surface area (Å²) in [4.78, 5) is 11.9. The Balaban J connectivity index is 1.84. The van der Waals surface area contributed by atoms with E-state index in [0.717, 1.165) is 11.3 Å². The number of aryl methyl sites for hydroxylation is 1. The van der Waals surface area contributed by atoms with E-state index in [1.54, 1.807) is 31.4 Å².